The van der Waals surface area contributed by atoms with Gasteiger partial charge in [0.25, 0.3) is 0 Å². The average Bonchev–Trinajstić information content (AvgIpc) is 1.52. The van der Waals surface area contributed by atoms with Crippen LogP contribution in [0.15, 0.2) is 215 Å². The first-order valence-corrected chi connectivity index (χ1v) is 33.7. The molecule has 6 nitrogen and oxygen atoms in total. The van der Waals surface area contributed by atoms with Crippen molar-refractivity contribution < 1.29 is 8.83 Å². The van der Waals surface area contributed by atoms with E-state index in [4.69, 9.17) is 23.8 Å². The second kappa shape index (κ2) is 22.5. The molecular formula is C85H78N4O2. The summed E-state index contributed by atoms with van der Waals surface area (Å²) in [5, 5.41) is 4.71. The summed E-state index contributed by atoms with van der Waals surface area (Å²) in [7, 11) is 0. The minimum atomic E-state index is -0.440. The van der Waals surface area contributed by atoms with Gasteiger partial charge in [0.15, 0.2) is 11.6 Å². The first-order chi connectivity index (χ1) is 44.6. The SMILES string of the molecule is CCCCCCCCC1(CCCCCCC)c2cc(N(c3ccc4c(c3)C(C)(C)c3c5c(c6oc7ccccc7c6c3-4)-c3ccccc3C5(C)C)c3nc(-c4ccccc4)nc(-c4ccccc4)n3)ccc2-c2c1cc(-c1ccccc1)c1oc3ccccc3c21. The van der Waals surface area contributed by atoms with Crippen molar-refractivity contribution in [3.63, 3.8) is 0 Å². The van der Waals surface area contributed by atoms with Crippen LogP contribution in [-0.4, -0.2) is 15.0 Å². The Kier molecular flexibility index (Phi) is 14.1. The minimum absolute atomic E-state index is 0.292. The average molecular weight is 1190 g/mol. The molecule has 3 aliphatic rings. The molecule has 0 fully saturated rings. The highest BCUT2D eigenvalue weighted by Gasteiger charge is 2.50. The summed E-state index contributed by atoms with van der Waals surface area (Å²) in [6.45, 7) is 14.4. The number of hydrogen-bond acceptors (Lipinski definition) is 6. The molecule has 0 saturated carbocycles. The van der Waals surface area contributed by atoms with Crippen LogP contribution in [0.25, 0.3) is 111 Å². The third kappa shape index (κ3) is 9.05. The van der Waals surface area contributed by atoms with Crippen molar-refractivity contribution in [3.05, 3.63) is 240 Å². The smallest absolute Gasteiger partial charge is 0.238 e. The summed E-state index contributed by atoms with van der Waals surface area (Å²) in [5.41, 5.74) is 24.6. The normalized spacial score (nSPS) is 15.5. The molecule has 0 saturated heterocycles. The van der Waals surface area contributed by atoms with Crippen molar-refractivity contribution >= 4 is 61.2 Å². The molecule has 450 valence electrons. The standard InChI is InChI=1S/C85H78N4O2/c1-7-9-11-13-15-32-50-85(49-31-14-12-10-8-2)67-52-58(46-48-61(67)71-68(85)53-64(54-33-19-16-20-34-54)78-73(71)62-40-26-29-43-69(62)90-78)89(82-87-80(55-35-21-17-22-36-55)86-81(88-82)56-37-23-18-24-38-56)57-45-47-60-66(51-57)84(5,6)76-72(60)74-63-41-27-30-44-70(63)91-79(74)75-59-39-25-28-42-65(59)83(3,4)77(75)76/h16-30,33-48,51-53H,7-15,31-32,49-50H2,1-6H3. The predicted octanol–water partition coefficient (Wildman–Crippen LogP) is 24.1. The van der Waals surface area contributed by atoms with Gasteiger partial charge in [-0.25, -0.2) is 4.98 Å². The molecule has 0 spiro atoms. The molecule has 10 aromatic carbocycles. The molecule has 0 amide bonds. The lowest BCUT2D eigenvalue weighted by Gasteiger charge is -2.34. The van der Waals surface area contributed by atoms with Crippen molar-refractivity contribution in [2.24, 2.45) is 0 Å². The van der Waals surface area contributed by atoms with Gasteiger partial charge in [-0.15, -0.1) is 0 Å². The number of hydrogen-bond donors (Lipinski definition) is 0. The fourth-order valence-electron chi connectivity index (χ4n) is 16.7. The Hall–Kier alpha value is -9.39. The molecule has 1 atom stereocenters. The molecule has 91 heavy (non-hydrogen) atoms. The molecule has 0 N–H and O–H groups in total. The van der Waals surface area contributed by atoms with E-state index in [0.29, 0.717) is 17.6 Å². The largest absolute Gasteiger partial charge is 0.455 e. The van der Waals surface area contributed by atoms with Crippen molar-refractivity contribution in [1.82, 2.24) is 15.0 Å². The van der Waals surface area contributed by atoms with Crippen LogP contribution < -0.4 is 4.90 Å². The van der Waals surface area contributed by atoms with E-state index in [1.165, 1.54) is 141 Å². The Morgan fingerprint density at radius 1 is 0.363 bits per heavy atom. The zero-order chi connectivity index (χ0) is 61.6. The van der Waals surface area contributed by atoms with Crippen LogP contribution in [0.4, 0.5) is 17.3 Å². The molecule has 3 aromatic heterocycles. The molecular weight excluding hydrogens is 1110 g/mol. The Balaban J connectivity index is 0.964. The van der Waals surface area contributed by atoms with Crippen LogP contribution in [0.2, 0.25) is 0 Å². The topological polar surface area (TPSA) is 68.2 Å². The highest BCUT2D eigenvalue weighted by atomic mass is 16.3. The first-order valence-electron chi connectivity index (χ1n) is 33.7. The van der Waals surface area contributed by atoms with Gasteiger partial charge in [0.05, 0.1) is 0 Å². The Morgan fingerprint density at radius 3 is 1.43 bits per heavy atom. The lowest BCUT2D eigenvalue weighted by Crippen LogP contribution is -2.26. The molecule has 0 bridgehead atoms. The van der Waals surface area contributed by atoms with Crippen LogP contribution in [-0.2, 0) is 16.2 Å². The van der Waals surface area contributed by atoms with Gasteiger partial charge in [-0.1, -0.05) is 276 Å². The predicted molar refractivity (Wildman–Crippen MR) is 378 cm³/mol. The number of furan rings is 2. The van der Waals surface area contributed by atoms with Gasteiger partial charge in [-0.2, -0.15) is 9.97 Å². The van der Waals surface area contributed by atoms with E-state index in [0.717, 1.165) is 86.9 Å². The van der Waals surface area contributed by atoms with E-state index in [2.05, 4.69) is 253 Å². The number of benzene rings is 10. The quantitative estimate of drug-likeness (QED) is 0.0752. The second-order valence-electron chi connectivity index (χ2n) is 27.2. The Bertz CT molecular complexity index is 4900. The fraction of sp³-hybridized carbons (Fsp3) is 0.259. The van der Waals surface area contributed by atoms with Crippen LogP contribution >= 0.6 is 0 Å². The van der Waals surface area contributed by atoms with Crippen molar-refractivity contribution in [2.75, 3.05) is 4.90 Å². The van der Waals surface area contributed by atoms with Gasteiger partial charge < -0.3 is 8.83 Å². The maximum Gasteiger partial charge on any atom is 0.238 e. The Labute approximate surface area is 535 Å². The lowest BCUT2D eigenvalue weighted by molar-refractivity contribution is 0.398. The number of rotatable bonds is 19. The van der Waals surface area contributed by atoms with E-state index in [1.807, 2.05) is 0 Å². The summed E-state index contributed by atoms with van der Waals surface area (Å²) in [6.07, 6.45) is 15.5. The van der Waals surface area contributed by atoms with Gasteiger partial charge in [0.1, 0.15) is 22.3 Å². The van der Waals surface area contributed by atoms with E-state index in [-0.39, 0.29) is 10.8 Å². The maximum absolute atomic E-state index is 7.12. The van der Waals surface area contributed by atoms with E-state index < -0.39 is 5.41 Å². The van der Waals surface area contributed by atoms with Gasteiger partial charge in [-0.3, -0.25) is 4.90 Å². The maximum atomic E-state index is 7.12. The molecule has 3 aliphatic carbocycles. The van der Waals surface area contributed by atoms with E-state index in [9.17, 15) is 0 Å². The molecule has 0 radical (unpaired) electrons. The van der Waals surface area contributed by atoms with Gasteiger partial charge in [0.2, 0.25) is 5.95 Å². The summed E-state index contributed by atoms with van der Waals surface area (Å²) in [6, 6.07) is 75.4. The Morgan fingerprint density at radius 2 is 0.824 bits per heavy atom. The summed E-state index contributed by atoms with van der Waals surface area (Å²) in [5.74, 6) is 1.80. The van der Waals surface area contributed by atoms with Crippen molar-refractivity contribution in [3.8, 4) is 67.3 Å². The zero-order valence-electron chi connectivity index (χ0n) is 53.4. The molecule has 1 unspecified atom stereocenters. The summed E-state index contributed by atoms with van der Waals surface area (Å²) < 4.78 is 14.2. The molecule has 3 heterocycles. The molecule has 0 aliphatic heterocycles. The van der Waals surface area contributed by atoms with Crippen LogP contribution in [0.3, 0.4) is 0 Å². The molecule has 13 aromatic rings. The number of nitrogens with zero attached hydrogens (tertiary/aromatic N) is 4. The third-order valence-electron chi connectivity index (χ3n) is 21.0. The highest BCUT2D eigenvalue weighted by molar-refractivity contribution is 6.21. The number of anilines is 3. The summed E-state index contributed by atoms with van der Waals surface area (Å²) >= 11 is 0. The minimum Gasteiger partial charge on any atom is -0.455 e. The van der Waals surface area contributed by atoms with Crippen LogP contribution in [0, 0.1) is 0 Å². The second-order valence-corrected chi connectivity index (χ2v) is 27.2. The van der Waals surface area contributed by atoms with Gasteiger partial charge in [-0.05, 0) is 122 Å². The molecule has 6 heteroatoms. The monoisotopic (exact) mass is 1190 g/mol. The highest BCUT2D eigenvalue weighted by Crippen LogP contribution is 2.65. The number of aromatic nitrogens is 3. The number of unbranched alkanes of at least 4 members (excludes halogenated alkanes) is 9. The zero-order valence-corrected chi connectivity index (χ0v) is 53.4. The third-order valence-corrected chi connectivity index (χ3v) is 21.0. The molecule has 16 rings (SSSR count). The number of fused-ring (bicyclic) bond motifs is 19. The van der Waals surface area contributed by atoms with Gasteiger partial charge in [0, 0.05) is 71.4 Å². The van der Waals surface area contributed by atoms with E-state index in [1.54, 1.807) is 0 Å². The van der Waals surface area contributed by atoms with Crippen LogP contribution in [0.1, 0.15) is 158 Å². The number of para-hydroxylation sites is 2. The summed E-state index contributed by atoms with van der Waals surface area (Å²) in [4.78, 5) is 18.9. The first kappa shape index (κ1) is 56.8. The van der Waals surface area contributed by atoms with E-state index >= 15 is 0 Å². The van der Waals surface area contributed by atoms with Crippen molar-refractivity contribution in [2.45, 2.75) is 141 Å². The van der Waals surface area contributed by atoms with Crippen LogP contribution in [0.5, 0.6) is 0 Å². The van der Waals surface area contributed by atoms with Crippen molar-refractivity contribution in [1.29, 1.82) is 0 Å². The fourth-order valence-corrected chi connectivity index (χ4v) is 16.7. The van der Waals surface area contributed by atoms with Gasteiger partial charge >= 0.3 is 0 Å². The lowest BCUT2D eigenvalue weighted by atomic mass is 9.70.